The van der Waals surface area contributed by atoms with E-state index in [1.165, 1.54) is 0 Å². The number of hydrogen-bond acceptors (Lipinski definition) is 3. The van der Waals surface area contributed by atoms with E-state index in [2.05, 4.69) is 5.32 Å². The molecule has 2 fully saturated rings. The lowest BCUT2D eigenvalue weighted by Gasteiger charge is -2.35. The first-order chi connectivity index (χ1) is 9.10. The average Bonchev–Trinajstić information content (AvgIpc) is 2.99. The molecule has 0 aromatic rings. The smallest absolute Gasteiger partial charge is 0.329 e. The topological polar surface area (TPSA) is 69.6 Å². The van der Waals surface area contributed by atoms with Crippen LogP contribution in [0.1, 0.15) is 45.4 Å². The van der Waals surface area contributed by atoms with Crippen LogP contribution in [0.5, 0.6) is 0 Å². The second-order valence-corrected chi connectivity index (χ2v) is 5.80. The zero-order valence-electron chi connectivity index (χ0n) is 11.7. The summed E-state index contributed by atoms with van der Waals surface area (Å²) in [6.07, 6.45) is 4.28. The van der Waals surface area contributed by atoms with Gasteiger partial charge in [0.15, 0.2) is 0 Å². The summed E-state index contributed by atoms with van der Waals surface area (Å²) in [5, 5.41) is 12.8. The minimum atomic E-state index is -0.933. The summed E-state index contributed by atoms with van der Waals surface area (Å²) in [7, 11) is 0. The molecule has 2 rings (SSSR count). The highest BCUT2D eigenvalue weighted by atomic mass is 16.4. The summed E-state index contributed by atoms with van der Waals surface area (Å²) < 4.78 is 0. The summed E-state index contributed by atoms with van der Waals surface area (Å²) >= 11 is 0. The lowest BCUT2D eigenvalue weighted by Crippen LogP contribution is -2.53. The summed E-state index contributed by atoms with van der Waals surface area (Å²) in [6, 6.07) is 0. The Morgan fingerprint density at radius 1 is 1.47 bits per heavy atom. The number of carboxylic acids is 1. The number of nitrogens with one attached hydrogen (secondary N) is 1. The van der Waals surface area contributed by atoms with E-state index in [1.807, 2.05) is 6.92 Å². The van der Waals surface area contributed by atoms with Gasteiger partial charge in [-0.1, -0.05) is 13.3 Å². The fourth-order valence-electron chi connectivity index (χ4n) is 3.49. The zero-order valence-corrected chi connectivity index (χ0v) is 11.7. The second kappa shape index (κ2) is 5.90. The molecular formula is C14H24N2O3. The molecule has 2 saturated heterocycles. The molecule has 2 aliphatic heterocycles. The number of aliphatic carboxylic acids is 1. The van der Waals surface area contributed by atoms with Gasteiger partial charge < -0.3 is 15.3 Å². The summed E-state index contributed by atoms with van der Waals surface area (Å²) in [6.45, 7) is 4.43. The van der Waals surface area contributed by atoms with Crippen molar-refractivity contribution in [3.05, 3.63) is 0 Å². The molecule has 2 heterocycles. The molecule has 2 N–H and O–H groups in total. The predicted molar refractivity (Wildman–Crippen MR) is 71.8 cm³/mol. The molecule has 2 unspecified atom stereocenters. The number of amides is 1. The third kappa shape index (κ3) is 2.76. The molecule has 5 heteroatoms. The van der Waals surface area contributed by atoms with E-state index in [0.717, 1.165) is 32.4 Å². The first-order valence-electron chi connectivity index (χ1n) is 7.34. The maximum Gasteiger partial charge on any atom is 0.329 e. The molecule has 2 aliphatic rings. The van der Waals surface area contributed by atoms with Crippen molar-refractivity contribution in [3.63, 3.8) is 0 Å². The van der Waals surface area contributed by atoms with Gasteiger partial charge in [0, 0.05) is 13.0 Å². The molecule has 0 aliphatic carbocycles. The molecular weight excluding hydrogens is 244 g/mol. The average molecular weight is 268 g/mol. The highest BCUT2D eigenvalue weighted by Gasteiger charge is 2.49. The monoisotopic (exact) mass is 268 g/mol. The molecule has 0 bridgehead atoms. The maximum absolute atomic E-state index is 12.4. The Morgan fingerprint density at radius 3 is 2.84 bits per heavy atom. The zero-order chi connectivity index (χ0) is 13.9. The van der Waals surface area contributed by atoms with Crippen molar-refractivity contribution in [2.24, 2.45) is 5.92 Å². The Balaban J connectivity index is 2.07. The van der Waals surface area contributed by atoms with Crippen LogP contribution in [0.3, 0.4) is 0 Å². The minimum Gasteiger partial charge on any atom is -0.479 e. The number of carboxylic acid groups (broad SMARTS) is 1. The highest BCUT2D eigenvalue weighted by Crippen LogP contribution is 2.35. The molecule has 0 saturated carbocycles. The molecule has 0 spiro atoms. The standard InChI is InChI=1S/C14H24N2O3/c1-2-5-14(13(18)19)6-3-8-16(14)12(17)9-11-4-7-15-10-11/h11,15H,2-10H2,1H3,(H,18,19). The van der Waals surface area contributed by atoms with Crippen LogP contribution in [0.15, 0.2) is 0 Å². The minimum absolute atomic E-state index is 0.0297. The van der Waals surface area contributed by atoms with Crippen molar-refractivity contribution in [1.29, 1.82) is 0 Å². The molecule has 19 heavy (non-hydrogen) atoms. The number of likely N-dealkylation sites (tertiary alicyclic amines) is 1. The van der Waals surface area contributed by atoms with Gasteiger partial charge in [-0.2, -0.15) is 0 Å². The van der Waals surface area contributed by atoms with Crippen molar-refractivity contribution in [2.45, 2.75) is 51.0 Å². The van der Waals surface area contributed by atoms with Crippen molar-refractivity contribution in [3.8, 4) is 0 Å². The maximum atomic E-state index is 12.4. The van der Waals surface area contributed by atoms with Crippen molar-refractivity contribution in [1.82, 2.24) is 10.2 Å². The van der Waals surface area contributed by atoms with Crippen LogP contribution >= 0.6 is 0 Å². The van der Waals surface area contributed by atoms with E-state index in [-0.39, 0.29) is 5.91 Å². The first kappa shape index (κ1) is 14.3. The van der Waals surface area contributed by atoms with E-state index in [1.54, 1.807) is 4.90 Å². The summed E-state index contributed by atoms with van der Waals surface area (Å²) in [5.41, 5.74) is -0.933. The van der Waals surface area contributed by atoms with Gasteiger partial charge in [0.1, 0.15) is 5.54 Å². The van der Waals surface area contributed by atoms with Crippen LogP contribution in [0.25, 0.3) is 0 Å². The largest absolute Gasteiger partial charge is 0.479 e. The van der Waals surface area contributed by atoms with Crippen molar-refractivity contribution < 1.29 is 14.7 Å². The molecule has 0 aromatic carbocycles. The van der Waals surface area contributed by atoms with Gasteiger partial charge >= 0.3 is 5.97 Å². The van der Waals surface area contributed by atoms with Crippen LogP contribution in [0.2, 0.25) is 0 Å². The van der Waals surface area contributed by atoms with Crippen molar-refractivity contribution >= 4 is 11.9 Å². The van der Waals surface area contributed by atoms with E-state index in [9.17, 15) is 14.7 Å². The van der Waals surface area contributed by atoms with Gasteiger partial charge in [0.2, 0.25) is 5.91 Å². The SMILES string of the molecule is CCCC1(C(=O)O)CCCN1C(=O)CC1CCNC1. The van der Waals surface area contributed by atoms with Gasteiger partial charge in [0.25, 0.3) is 0 Å². The van der Waals surface area contributed by atoms with Crippen LogP contribution in [0, 0.1) is 5.92 Å². The molecule has 108 valence electrons. The van der Waals surface area contributed by atoms with E-state index in [0.29, 0.717) is 31.7 Å². The lowest BCUT2D eigenvalue weighted by atomic mass is 9.90. The Labute approximate surface area is 114 Å². The molecule has 2 atom stereocenters. The second-order valence-electron chi connectivity index (χ2n) is 5.80. The summed E-state index contributed by atoms with van der Waals surface area (Å²) in [5.74, 6) is -0.423. The van der Waals surface area contributed by atoms with Crippen LogP contribution in [-0.4, -0.2) is 47.1 Å². The Bertz CT molecular complexity index is 353. The van der Waals surface area contributed by atoms with Gasteiger partial charge in [-0.3, -0.25) is 4.79 Å². The number of nitrogens with zero attached hydrogens (tertiary/aromatic N) is 1. The van der Waals surface area contributed by atoms with E-state index < -0.39 is 11.5 Å². The Hall–Kier alpha value is -1.10. The van der Waals surface area contributed by atoms with E-state index in [4.69, 9.17) is 0 Å². The number of hydrogen-bond donors (Lipinski definition) is 2. The molecule has 0 aromatic heterocycles. The highest BCUT2D eigenvalue weighted by molar-refractivity contribution is 5.87. The van der Waals surface area contributed by atoms with E-state index >= 15 is 0 Å². The number of carbonyl (C=O) groups excluding carboxylic acids is 1. The predicted octanol–water partition coefficient (Wildman–Crippen LogP) is 1.23. The number of rotatable bonds is 5. The first-order valence-corrected chi connectivity index (χ1v) is 7.34. The quantitative estimate of drug-likeness (QED) is 0.787. The van der Waals surface area contributed by atoms with Crippen LogP contribution in [0.4, 0.5) is 0 Å². The molecule has 5 nitrogen and oxygen atoms in total. The Morgan fingerprint density at radius 2 is 2.26 bits per heavy atom. The fraction of sp³-hybridized carbons (Fsp3) is 0.857. The summed E-state index contributed by atoms with van der Waals surface area (Å²) in [4.78, 5) is 25.7. The Kier molecular flexibility index (Phi) is 4.45. The number of carbonyl (C=O) groups is 2. The normalized spacial score (nSPS) is 30.8. The van der Waals surface area contributed by atoms with Crippen LogP contribution < -0.4 is 5.32 Å². The van der Waals surface area contributed by atoms with Gasteiger partial charge in [0.05, 0.1) is 0 Å². The van der Waals surface area contributed by atoms with Gasteiger partial charge in [-0.15, -0.1) is 0 Å². The third-order valence-electron chi connectivity index (χ3n) is 4.48. The fourth-order valence-corrected chi connectivity index (χ4v) is 3.49. The van der Waals surface area contributed by atoms with Crippen molar-refractivity contribution in [2.75, 3.05) is 19.6 Å². The van der Waals surface area contributed by atoms with Gasteiger partial charge in [-0.05, 0) is 44.7 Å². The lowest BCUT2D eigenvalue weighted by molar-refractivity contribution is -0.157. The third-order valence-corrected chi connectivity index (χ3v) is 4.48. The molecule has 1 amide bonds. The molecule has 0 radical (unpaired) electrons. The van der Waals surface area contributed by atoms with Crippen LogP contribution in [-0.2, 0) is 9.59 Å². The van der Waals surface area contributed by atoms with Gasteiger partial charge in [-0.25, -0.2) is 4.79 Å².